The Morgan fingerprint density at radius 1 is 1.21 bits per heavy atom. The average Bonchev–Trinajstić information content (AvgIpc) is 2.95. The molecule has 154 valence electrons. The van der Waals surface area contributed by atoms with Crippen LogP contribution in [0.3, 0.4) is 0 Å². The zero-order chi connectivity index (χ0) is 21.3. The highest BCUT2D eigenvalue weighted by Gasteiger charge is 2.20. The molecular formula is C18H21N5O5S. The van der Waals surface area contributed by atoms with Crippen molar-refractivity contribution in [2.75, 3.05) is 4.72 Å². The van der Waals surface area contributed by atoms with Gasteiger partial charge in [0.2, 0.25) is 15.6 Å². The van der Waals surface area contributed by atoms with Crippen LogP contribution in [0.4, 0.5) is 5.82 Å². The summed E-state index contributed by atoms with van der Waals surface area (Å²) in [6, 6.07) is 4.36. The molecule has 11 heteroatoms. The summed E-state index contributed by atoms with van der Waals surface area (Å²) in [5.41, 5.74) is 1.28. The lowest BCUT2D eigenvalue weighted by atomic mass is 10.2. The summed E-state index contributed by atoms with van der Waals surface area (Å²) in [4.78, 5) is 20.2. The summed E-state index contributed by atoms with van der Waals surface area (Å²) in [7, 11) is -2.03. The molecule has 3 aromatic rings. The second-order valence-electron chi connectivity index (χ2n) is 6.74. The Hall–Kier alpha value is -3.21. The maximum atomic E-state index is 12.3. The predicted molar refractivity (Wildman–Crippen MR) is 106 cm³/mol. The number of hydrogen-bond donors (Lipinski definition) is 1. The summed E-state index contributed by atoms with van der Waals surface area (Å²) in [6.45, 7) is 6.48. The van der Waals surface area contributed by atoms with Gasteiger partial charge in [-0.05, 0) is 26.8 Å². The highest BCUT2D eigenvalue weighted by molar-refractivity contribution is 7.93. The molecule has 0 bridgehead atoms. The van der Waals surface area contributed by atoms with E-state index in [-0.39, 0.29) is 17.4 Å². The van der Waals surface area contributed by atoms with Gasteiger partial charge in [0, 0.05) is 37.9 Å². The van der Waals surface area contributed by atoms with Gasteiger partial charge in [-0.1, -0.05) is 5.16 Å². The Morgan fingerprint density at radius 2 is 1.93 bits per heavy atom. The van der Waals surface area contributed by atoms with E-state index >= 15 is 0 Å². The fraction of sp³-hybridized carbons (Fsp3) is 0.333. The van der Waals surface area contributed by atoms with Crippen molar-refractivity contribution in [3.8, 4) is 23.0 Å². The van der Waals surface area contributed by atoms with Crippen molar-refractivity contribution in [2.45, 2.75) is 32.9 Å². The van der Waals surface area contributed by atoms with Crippen LogP contribution in [0.1, 0.15) is 25.3 Å². The molecule has 0 unspecified atom stereocenters. The van der Waals surface area contributed by atoms with Gasteiger partial charge in [0.25, 0.3) is 0 Å². The van der Waals surface area contributed by atoms with Crippen molar-refractivity contribution in [3.63, 3.8) is 0 Å². The zero-order valence-electron chi connectivity index (χ0n) is 16.6. The fourth-order valence-corrected chi connectivity index (χ4v) is 3.02. The topological polar surface area (TPSA) is 129 Å². The largest absolute Gasteiger partial charge is 0.418 e. The highest BCUT2D eigenvalue weighted by Crippen LogP contribution is 2.29. The maximum absolute atomic E-state index is 12.3. The molecule has 0 aliphatic heterocycles. The Balaban J connectivity index is 2.11. The number of sulfonamides is 1. The minimum Gasteiger partial charge on any atom is -0.418 e. The third-order valence-corrected chi connectivity index (χ3v) is 5.85. The van der Waals surface area contributed by atoms with Crippen LogP contribution in [0.5, 0.6) is 11.8 Å². The quantitative estimate of drug-likeness (QED) is 0.645. The van der Waals surface area contributed by atoms with E-state index < -0.39 is 15.3 Å². The SMILES string of the molecule is Cc1noc(C)c1Oc1nc(NS(=O)(=O)C(C)C)cc(-c2ccc(=O)n(C)c2)n1. The van der Waals surface area contributed by atoms with E-state index in [1.54, 1.807) is 47.0 Å². The minimum absolute atomic E-state index is 0.0410. The van der Waals surface area contributed by atoms with Crippen molar-refractivity contribution in [2.24, 2.45) is 7.05 Å². The van der Waals surface area contributed by atoms with Crippen molar-refractivity contribution in [3.05, 3.63) is 46.2 Å². The minimum atomic E-state index is -3.64. The molecule has 3 heterocycles. The maximum Gasteiger partial charge on any atom is 0.324 e. The van der Waals surface area contributed by atoms with Crippen molar-refractivity contribution >= 4 is 15.8 Å². The monoisotopic (exact) mass is 419 g/mol. The van der Waals surface area contributed by atoms with Gasteiger partial charge in [0.1, 0.15) is 11.5 Å². The molecule has 0 atom stereocenters. The van der Waals surface area contributed by atoms with Gasteiger partial charge in [0.05, 0.1) is 10.9 Å². The standard InChI is InChI=1S/C18H21N5O5S/c1-10(2)29(25,26)22-15-8-14(13-6-7-16(24)23(5)9-13)19-18(20-15)27-17-11(3)21-28-12(17)4/h6-10H,1-5H3,(H,19,20,22). The molecule has 0 spiro atoms. The van der Waals surface area contributed by atoms with Crippen LogP contribution in [0.2, 0.25) is 0 Å². The van der Waals surface area contributed by atoms with Crippen molar-refractivity contribution in [1.82, 2.24) is 19.7 Å². The third-order valence-electron chi connectivity index (χ3n) is 4.12. The lowest BCUT2D eigenvalue weighted by molar-refractivity contribution is 0.379. The van der Waals surface area contributed by atoms with E-state index in [4.69, 9.17) is 9.26 Å². The summed E-state index contributed by atoms with van der Waals surface area (Å²) in [6.07, 6.45) is 1.59. The summed E-state index contributed by atoms with van der Waals surface area (Å²) in [5, 5.41) is 3.15. The lowest BCUT2D eigenvalue weighted by Gasteiger charge is -2.13. The molecule has 0 aliphatic carbocycles. The number of rotatable bonds is 6. The van der Waals surface area contributed by atoms with Gasteiger partial charge in [-0.25, -0.2) is 8.42 Å². The summed E-state index contributed by atoms with van der Waals surface area (Å²) < 4.78 is 39.2. The molecule has 0 amide bonds. The zero-order valence-corrected chi connectivity index (χ0v) is 17.4. The Kier molecular flexibility index (Phi) is 5.42. The van der Waals surface area contributed by atoms with E-state index in [0.29, 0.717) is 28.5 Å². The number of aryl methyl sites for hydroxylation is 3. The molecule has 0 saturated heterocycles. The van der Waals surface area contributed by atoms with Gasteiger partial charge in [-0.15, -0.1) is 0 Å². The number of ether oxygens (including phenoxy) is 1. The molecule has 0 fully saturated rings. The summed E-state index contributed by atoms with van der Waals surface area (Å²) >= 11 is 0. The lowest BCUT2D eigenvalue weighted by Crippen LogP contribution is -2.23. The van der Waals surface area contributed by atoms with Crippen LogP contribution < -0.4 is 15.0 Å². The number of nitrogens with zero attached hydrogens (tertiary/aromatic N) is 4. The predicted octanol–water partition coefficient (Wildman–Crippen LogP) is 2.39. The van der Waals surface area contributed by atoms with Gasteiger partial charge < -0.3 is 13.8 Å². The van der Waals surface area contributed by atoms with Gasteiger partial charge in [-0.3, -0.25) is 9.52 Å². The van der Waals surface area contributed by atoms with Crippen LogP contribution in [0, 0.1) is 13.8 Å². The van der Waals surface area contributed by atoms with Gasteiger partial charge >= 0.3 is 6.01 Å². The number of nitrogens with one attached hydrogen (secondary N) is 1. The molecule has 29 heavy (non-hydrogen) atoms. The molecule has 0 aromatic carbocycles. The first-order chi connectivity index (χ1) is 13.6. The van der Waals surface area contributed by atoms with Crippen LogP contribution in [0.25, 0.3) is 11.3 Å². The van der Waals surface area contributed by atoms with E-state index in [0.717, 1.165) is 0 Å². The van der Waals surface area contributed by atoms with E-state index in [1.165, 1.54) is 16.7 Å². The molecule has 3 aromatic heterocycles. The normalized spacial score (nSPS) is 11.7. The molecule has 0 saturated carbocycles. The van der Waals surface area contributed by atoms with E-state index in [2.05, 4.69) is 19.8 Å². The number of pyridine rings is 1. The highest BCUT2D eigenvalue weighted by atomic mass is 32.2. The second kappa shape index (κ2) is 7.66. The molecule has 0 radical (unpaired) electrons. The fourth-order valence-electron chi connectivity index (χ4n) is 2.39. The van der Waals surface area contributed by atoms with E-state index in [1.807, 2.05) is 0 Å². The number of aromatic nitrogens is 4. The number of hydrogen-bond acceptors (Lipinski definition) is 8. The Bertz CT molecular complexity index is 1190. The van der Waals surface area contributed by atoms with Crippen LogP contribution >= 0.6 is 0 Å². The first-order valence-corrected chi connectivity index (χ1v) is 10.3. The first-order valence-electron chi connectivity index (χ1n) is 8.75. The van der Waals surface area contributed by atoms with Crippen molar-refractivity contribution in [1.29, 1.82) is 0 Å². The van der Waals surface area contributed by atoms with Gasteiger partial charge in [-0.2, -0.15) is 9.97 Å². The van der Waals surface area contributed by atoms with Crippen LogP contribution in [-0.2, 0) is 17.1 Å². The first kappa shape index (κ1) is 20.5. The van der Waals surface area contributed by atoms with Gasteiger partial charge in [0.15, 0.2) is 11.5 Å². The van der Waals surface area contributed by atoms with Crippen LogP contribution in [0.15, 0.2) is 33.7 Å². The summed E-state index contributed by atoms with van der Waals surface area (Å²) in [5.74, 6) is 0.822. The number of anilines is 1. The second-order valence-corrected chi connectivity index (χ2v) is 8.98. The molecule has 10 nitrogen and oxygen atoms in total. The Morgan fingerprint density at radius 3 is 2.52 bits per heavy atom. The third kappa shape index (κ3) is 4.45. The molecule has 1 N–H and O–H groups in total. The Labute approximate surface area is 167 Å². The van der Waals surface area contributed by atoms with E-state index in [9.17, 15) is 13.2 Å². The van der Waals surface area contributed by atoms with Crippen molar-refractivity contribution < 1.29 is 17.7 Å². The average molecular weight is 419 g/mol. The van der Waals surface area contributed by atoms with Crippen LogP contribution in [-0.4, -0.2) is 33.4 Å². The smallest absolute Gasteiger partial charge is 0.324 e. The molecule has 0 aliphatic rings. The molecule has 3 rings (SSSR count). The molecular weight excluding hydrogens is 398 g/mol.